The summed E-state index contributed by atoms with van der Waals surface area (Å²) in [4.78, 5) is 3.68. The number of nitrogens with zero attached hydrogens (tertiary/aromatic N) is 2. The van der Waals surface area contributed by atoms with E-state index in [-0.39, 0.29) is 16.4 Å². The van der Waals surface area contributed by atoms with Crippen molar-refractivity contribution in [1.82, 2.24) is 10.1 Å². The number of aliphatic hydroxyl groups excluding tert-OH is 1. The third-order valence-corrected chi connectivity index (χ3v) is 2.70. The van der Waals surface area contributed by atoms with E-state index >= 15 is 0 Å². The molecule has 1 atom stereocenters. The van der Waals surface area contributed by atoms with Gasteiger partial charge in [0, 0.05) is 5.56 Å². The molecule has 9 heteroatoms. The van der Waals surface area contributed by atoms with Crippen LogP contribution < -0.4 is 0 Å². The summed E-state index contributed by atoms with van der Waals surface area (Å²) in [6, 6.07) is 3.38. The molecule has 0 fully saturated rings. The average molecular weight is 311 g/mol. The van der Waals surface area contributed by atoms with Crippen molar-refractivity contribution in [2.75, 3.05) is 0 Å². The number of hydrogen-bond donors (Lipinski definition) is 1. The lowest BCUT2D eigenvalue weighted by atomic mass is 10.2. The molecule has 0 bridgehead atoms. The maximum absolute atomic E-state index is 12.9. The Morgan fingerprint density at radius 2 is 2.05 bits per heavy atom. The van der Waals surface area contributed by atoms with Crippen LogP contribution in [0.15, 0.2) is 22.7 Å². The summed E-state index contributed by atoms with van der Waals surface area (Å²) in [6.45, 7) is 0. The molecule has 0 saturated heterocycles. The van der Waals surface area contributed by atoms with E-state index in [0.717, 1.165) is 12.1 Å². The summed E-state index contributed by atoms with van der Waals surface area (Å²) in [7, 11) is 0. The number of halogens is 5. The molecular weight excluding hydrogens is 304 g/mol. The quantitative estimate of drug-likeness (QED) is 0.885. The lowest BCUT2D eigenvalue weighted by molar-refractivity contribution is -0.204. The van der Waals surface area contributed by atoms with Gasteiger partial charge in [-0.15, -0.1) is 0 Å². The Hall–Kier alpha value is -1.67. The molecule has 0 spiro atoms. The largest absolute Gasteiger partial charge is 0.414 e. The number of hydrogen-bond acceptors (Lipinski definition) is 4. The summed E-state index contributed by atoms with van der Waals surface area (Å²) in [5, 5.41) is 12.3. The van der Waals surface area contributed by atoms with E-state index in [9.17, 15) is 17.6 Å². The Labute approximate surface area is 115 Å². The molecule has 0 aliphatic carbocycles. The van der Waals surface area contributed by atoms with E-state index in [4.69, 9.17) is 16.7 Å². The highest BCUT2D eigenvalue weighted by Crippen LogP contribution is 2.27. The van der Waals surface area contributed by atoms with Crippen LogP contribution in [0.4, 0.5) is 17.6 Å². The predicted octanol–water partition coefficient (Wildman–Crippen LogP) is 2.99. The molecule has 1 aromatic carbocycles. The van der Waals surface area contributed by atoms with Crippen molar-refractivity contribution in [3.8, 4) is 11.4 Å². The summed E-state index contributed by atoms with van der Waals surface area (Å²) < 4.78 is 54.0. The molecule has 0 amide bonds. The molecule has 1 unspecified atom stereocenters. The maximum Gasteiger partial charge on any atom is 0.414 e. The third kappa shape index (κ3) is 3.26. The van der Waals surface area contributed by atoms with E-state index in [2.05, 4.69) is 14.7 Å². The van der Waals surface area contributed by atoms with Crippen LogP contribution in [0.2, 0.25) is 5.02 Å². The second-order valence-electron chi connectivity index (χ2n) is 3.90. The van der Waals surface area contributed by atoms with Gasteiger partial charge in [-0.1, -0.05) is 16.8 Å². The second-order valence-corrected chi connectivity index (χ2v) is 4.30. The zero-order valence-corrected chi connectivity index (χ0v) is 10.4. The minimum Gasteiger partial charge on any atom is -0.383 e. The Balaban J connectivity index is 2.21. The molecule has 1 heterocycles. The molecule has 1 N–H and O–H groups in total. The van der Waals surface area contributed by atoms with Crippen molar-refractivity contribution >= 4 is 11.6 Å². The summed E-state index contributed by atoms with van der Waals surface area (Å²) in [6.07, 6.45) is -8.24. The third-order valence-electron chi connectivity index (χ3n) is 2.39. The molecular formula is C11H7ClF4N2O2. The fourth-order valence-corrected chi connectivity index (χ4v) is 1.65. The van der Waals surface area contributed by atoms with Crippen molar-refractivity contribution in [2.24, 2.45) is 0 Å². The molecule has 0 radical (unpaired) electrons. The standard InChI is InChI=1S/C11H7ClF4N2O2/c12-7-3-5(13)1-2-6(7)10-17-9(20-18-10)4-8(19)11(14,15)16/h1-3,8,19H,4H2. The molecule has 4 nitrogen and oxygen atoms in total. The Kier molecular flexibility index (Phi) is 3.96. The molecule has 2 aromatic rings. The Bertz CT molecular complexity index is 615. The van der Waals surface area contributed by atoms with Crippen molar-refractivity contribution in [3.05, 3.63) is 34.9 Å². The minimum absolute atomic E-state index is 0.00581. The van der Waals surface area contributed by atoms with Crippen LogP contribution in [-0.2, 0) is 6.42 Å². The maximum atomic E-state index is 12.9. The first-order valence-corrected chi connectivity index (χ1v) is 5.68. The average Bonchev–Trinajstić information content (AvgIpc) is 2.76. The van der Waals surface area contributed by atoms with Gasteiger partial charge in [0.15, 0.2) is 6.10 Å². The van der Waals surface area contributed by atoms with E-state index in [0.29, 0.717) is 0 Å². The predicted molar refractivity (Wildman–Crippen MR) is 60.5 cm³/mol. The molecule has 2 rings (SSSR count). The highest BCUT2D eigenvalue weighted by atomic mass is 35.5. The molecule has 0 aliphatic heterocycles. The van der Waals surface area contributed by atoms with Crippen molar-refractivity contribution in [3.63, 3.8) is 0 Å². The number of aliphatic hydroxyl groups is 1. The van der Waals surface area contributed by atoms with Crippen molar-refractivity contribution in [1.29, 1.82) is 0 Å². The van der Waals surface area contributed by atoms with Crippen LogP contribution in [0.3, 0.4) is 0 Å². The number of aromatic nitrogens is 2. The van der Waals surface area contributed by atoms with E-state index in [1.54, 1.807) is 0 Å². The van der Waals surface area contributed by atoms with Gasteiger partial charge in [-0.3, -0.25) is 0 Å². The zero-order valence-electron chi connectivity index (χ0n) is 9.66. The van der Waals surface area contributed by atoms with Crippen LogP contribution >= 0.6 is 11.6 Å². The second kappa shape index (κ2) is 5.37. The lowest BCUT2D eigenvalue weighted by Crippen LogP contribution is -2.30. The topological polar surface area (TPSA) is 59.2 Å². The highest BCUT2D eigenvalue weighted by molar-refractivity contribution is 6.33. The monoisotopic (exact) mass is 310 g/mol. The summed E-state index contributed by atoms with van der Waals surface area (Å²) in [5.41, 5.74) is 0.213. The van der Waals surface area contributed by atoms with Gasteiger partial charge in [0.05, 0.1) is 11.4 Å². The van der Waals surface area contributed by atoms with E-state index < -0.39 is 30.4 Å². The normalized spacial score (nSPS) is 13.5. The van der Waals surface area contributed by atoms with Crippen LogP contribution in [0, 0.1) is 5.82 Å². The summed E-state index contributed by atoms with van der Waals surface area (Å²) in [5.74, 6) is -1.06. The zero-order chi connectivity index (χ0) is 14.9. The van der Waals surface area contributed by atoms with Crippen LogP contribution in [0.5, 0.6) is 0 Å². The van der Waals surface area contributed by atoms with E-state index in [1.807, 2.05) is 0 Å². The van der Waals surface area contributed by atoms with Gasteiger partial charge in [-0.25, -0.2) is 4.39 Å². The van der Waals surface area contributed by atoms with Gasteiger partial charge in [-0.05, 0) is 18.2 Å². The number of alkyl halides is 3. The SMILES string of the molecule is OC(Cc1nc(-c2ccc(F)cc2Cl)no1)C(F)(F)F. The fourth-order valence-electron chi connectivity index (χ4n) is 1.40. The van der Waals surface area contributed by atoms with E-state index in [1.165, 1.54) is 6.07 Å². The number of benzene rings is 1. The minimum atomic E-state index is -4.78. The Morgan fingerprint density at radius 1 is 1.35 bits per heavy atom. The first-order valence-electron chi connectivity index (χ1n) is 5.30. The highest BCUT2D eigenvalue weighted by Gasteiger charge is 2.39. The molecule has 0 aliphatic rings. The summed E-state index contributed by atoms with van der Waals surface area (Å²) >= 11 is 5.76. The van der Waals surface area contributed by atoms with Gasteiger partial charge in [0.2, 0.25) is 11.7 Å². The Morgan fingerprint density at radius 3 is 2.65 bits per heavy atom. The van der Waals surface area contributed by atoms with Crippen LogP contribution in [-0.4, -0.2) is 27.5 Å². The smallest absolute Gasteiger partial charge is 0.383 e. The van der Waals surface area contributed by atoms with Gasteiger partial charge in [-0.2, -0.15) is 18.2 Å². The van der Waals surface area contributed by atoms with Gasteiger partial charge in [0.1, 0.15) is 5.82 Å². The molecule has 1 aromatic heterocycles. The van der Waals surface area contributed by atoms with Crippen LogP contribution in [0.1, 0.15) is 5.89 Å². The van der Waals surface area contributed by atoms with Gasteiger partial charge in [0.25, 0.3) is 0 Å². The first kappa shape index (κ1) is 14.7. The van der Waals surface area contributed by atoms with Crippen LogP contribution in [0.25, 0.3) is 11.4 Å². The lowest BCUT2D eigenvalue weighted by Gasteiger charge is -2.11. The van der Waals surface area contributed by atoms with Crippen molar-refractivity contribution in [2.45, 2.75) is 18.7 Å². The first-order chi connectivity index (χ1) is 9.27. The van der Waals surface area contributed by atoms with Gasteiger partial charge < -0.3 is 9.63 Å². The molecule has 108 valence electrons. The molecule has 20 heavy (non-hydrogen) atoms. The fraction of sp³-hybridized carbons (Fsp3) is 0.273. The van der Waals surface area contributed by atoms with Gasteiger partial charge >= 0.3 is 6.18 Å². The number of rotatable bonds is 3. The molecule has 0 saturated carbocycles. The van der Waals surface area contributed by atoms with Crippen molar-refractivity contribution < 1.29 is 27.2 Å².